The number of hydrogen-bond acceptors (Lipinski definition) is 3. The molecule has 0 atom stereocenters. The van der Waals surface area contributed by atoms with E-state index in [-0.39, 0.29) is 18.1 Å². The van der Waals surface area contributed by atoms with Crippen LogP contribution >= 0.6 is 0 Å². The summed E-state index contributed by atoms with van der Waals surface area (Å²) in [5.41, 5.74) is 2.99. The minimum Gasteiger partial charge on any atom is -0.356 e. The first-order valence-corrected chi connectivity index (χ1v) is 6.91. The molecule has 3 aromatic rings. The van der Waals surface area contributed by atoms with Crippen molar-refractivity contribution in [3.05, 3.63) is 59.5 Å². The Hall–Kier alpha value is -2.69. The Balaban J connectivity index is 1.83. The highest BCUT2D eigenvalue weighted by Crippen LogP contribution is 2.21. The molecule has 0 spiro atoms. The third-order valence-electron chi connectivity index (χ3n) is 3.61. The monoisotopic (exact) mass is 298 g/mol. The maximum atomic E-state index is 12.9. The van der Waals surface area contributed by atoms with E-state index in [2.05, 4.69) is 5.16 Å². The van der Waals surface area contributed by atoms with Gasteiger partial charge in [0.15, 0.2) is 5.58 Å². The van der Waals surface area contributed by atoms with Crippen molar-refractivity contribution in [3.8, 4) is 0 Å². The molecule has 112 valence electrons. The fraction of sp³-hybridized carbons (Fsp3) is 0.176. The molecule has 0 fully saturated rings. The van der Waals surface area contributed by atoms with Gasteiger partial charge in [-0.25, -0.2) is 4.39 Å². The normalized spacial score (nSPS) is 10.9. The van der Waals surface area contributed by atoms with Crippen molar-refractivity contribution in [1.82, 2.24) is 5.16 Å². The number of rotatable bonds is 3. The van der Waals surface area contributed by atoms with Crippen LogP contribution in [-0.2, 0) is 11.2 Å². The smallest absolute Gasteiger partial charge is 0.232 e. The van der Waals surface area contributed by atoms with Gasteiger partial charge in [0.05, 0.1) is 6.42 Å². The molecule has 0 unspecified atom stereocenters. The summed E-state index contributed by atoms with van der Waals surface area (Å²) in [6.45, 7) is 1.97. The number of benzene rings is 2. The lowest BCUT2D eigenvalue weighted by molar-refractivity contribution is -0.117. The Morgan fingerprint density at radius 3 is 2.68 bits per heavy atom. The summed E-state index contributed by atoms with van der Waals surface area (Å²) in [5, 5.41) is 4.83. The molecule has 3 rings (SSSR count). The van der Waals surface area contributed by atoms with Crippen molar-refractivity contribution in [3.63, 3.8) is 0 Å². The molecule has 0 radical (unpaired) electrons. The number of fused-ring (bicyclic) bond motifs is 1. The van der Waals surface area contributed by atoms with Crippen LogP contribution < -0.4 is 4.90 Å². The van der Waals surface area contributed by atoms with E-state index in [1.807, 2.05) is 25.1 Å². The third kappa shape index (κ3) is 2.70. The Morgan fingerprint density at radius 1 is 1.23 bits per heavy atom. The van der Waals surface area contributed by atoms with E-state index in [9.17, 15) is 9.18 Å². The van der Waals surface area contributed by atoms with Gasteiger partial charge in [-0.05, 0) is 43.3 Å². The molecule has 22 heavy (non-hydrogen) atoms. The van der Waals surface area contributed by atoms with Crippen LogP contribution in [0.4, 0.5) is 10.1 Å². The summed E-state index contributed by atoms with van der Waals surface area (Å²) in [6.07, 6.45) is 0.129. The summed E-state index contributed by atoms with van der Waals surface area (Å²) in [4.78, 5) is 13.9. The maximum absolute atomic E-state index is 12.9. The van der Waals surface area contributed by atoms with Crippen LogP contribution in [0.1, 0.15) is 11.3 Å². The minimum atomic E-state index is -0.331. The van der Waals surface area contributed by atoms with E-state index < -0.39 is 0 Å². The van der Waals surface area contributed by atoms with Gasteiger partial charge in [-0.2, -0.15) is 0 Å². The Kier molecular flexibility index (Phi) is 3.63. The molecule has 5 heteroatoms. The second-order valence-electron chi connectivity index (χ2n) is 5.23. The highest BCUT2D eigenvalue weighted by atomic mass is 19.1. The van der Waals surface area contributed by atoms with Crippen molar-refractivity contribution in [1.29, 1.82) is 0 Å². The first kappa shape index (κ1) is 14.3. The lowest BCUT2D eigenvalue weighted by Gasteiger charge is -2.16. The quantitative estimate of drug-likeness (QED) is 0.743. The van der Waals surface area contributed by atoms with Crippen molar-refractivity contribution in [2.45, 2.75) is 13.3 Å². The second kappa shape index (κ2) is 5.60. The van der Waals surface area contributed by atoms with Gasteiger partial charge in [0.25, 0.3) is 0 Å². The highest BCUT2D eigenvalue weighted by molar-refractivity contribution is 5.96. The lowest BCUT2D eigenvalue weighted by atomic mass is 10.1. The maximum Gasteiger partial charge on any atom is 0.232 e. The molecule has 2 aromatic carbocycles. The van der Waals surface area contributed by atoms with E-state index >= 15 is 0 Å². The number of likely N-dealkylation sites (N-methyl/N-ethyl adjacent to an activating group) is 1. The fourth-order valence-electron chi connectivity index (χ4n) is 2.30. The van der Waals surface area contributed by atoms with Gasteiger partial charge in [-0.3, -0.25) is 4.79 Å². The average molecular weight is 298 g/mol. The first-order chi connectivity index (χ1) is 10.5. The molecule has 0 N–H and O–H groups in total. The van der Waals surface area contributed by atoms with Gasteiger partial charge in [-0.1, -0.05) is 16.8 Å². The number of amides is 1. The summed E-state index contributed by atoms with van der Waals surface area (Å²) in [6, 6.07) is 11.5. The number of halogens is 1. The van der Waals surface area contributed by atoms with Crippen molar-refractivity contribution in [2.24, 2.45) is 0 Å². The molecule has 4 nitrogen and oxygen atoms in total. The van der Waals surface area contributed by atoms with Crippen LogP contribution in [0.15, 0.2) is 47.0 Å². The molecule has 0 aliphatic heterocycles. The predicted octanol–water partition coefficient (Wildman–Crippen LogP) is 3.48. The molecular formula is C17H15FN2O2. The van der Waals surface area contributed by atoms with Gasteiger partial charge in [0, 0.05) is 18.1 Å². The number of carbonyl (C=O) groups is 1. The first-order valence-electron chi connectivity index (χ1n) is 6.91. The van der Waals surface area contributed by atoms with Crippen LogP contribution in [0.3, 0.4) is 0 Å². The van der Waals surface area contributed by atoms with Crippen molar-refractivity contribution < 1.29 is 13.7 Å². The Labute approximate surface area is 127 Å². The van der Waals surface area contributed by atoms with E-state index in [0.29, 0.717) is 17.0 Å². The number of aryl methyl sites for hydroxylation is 1. The van der Waals surface area contributed by atoms with Crippen LogP contribution in [0.25, 0.3) is 11.0 Å². The van der Waals surface area contributed by atoms with E-state index in [0.717, 1.165) is 10.9 Å². The third-order valence-corrected chi connectivity index (χ3v) is 3.61. The zero-order valence-corrected chi connectivity index (χ0v) is 12.3. The highest BCUT2D eigenvalue weighted by Gasteiger charge is 2.16. The van der Waals surface area contributed by atoms with Crippen LogP contribution in [0, 0.1) is 12.7 Å². The van der Waals surface area contributed by atoms with E-state index in [1.165, 1.54) is 17.0 Å². The van der Waals surface area contributed by atoms with Gasteiger partial charge in [0.2, 0.25) is 5.91 Å². The summed E-state index contributed by atoms with van der Waals surface area (Å²) >= 11 is 0. The van der Waals surface area contributed by atoms with Crippen LogP contribution in [0.5, 0.6) is 0 Å². The van der Waals surface area contributed by atoms with Gasteiger partial charge >= 0.3 is 0 Å². The van der Waals surface area contributed by atoms with E-state index in [1.54, 1.807) is 19.2 Å². The fourth-order valence-corrected chi connectivity index (χ4v) is 2.30. The standard InChI is InChI=1S/C17H15FN2O2/c1-11-3-8-16-14(9-11)15(19-22-16)10-17(21)20(2)13-6-4-12(18)5-7-13/h3-9H,10H2,1-2H3. The summed E-state index contributed by atoms with van der Waals surface area (Å²) < 4.78 is 18.2. The molecule has 1 amide bonds. The van der Waals surface area contributed by atoms with Crippen LogP contribution in [-0.4, -0.2) is 18.1 Å². The molecule has 1 aromatic heterocycles. The molecule has 0 aliphatic rings. The number of hydrogen-bond donors (Lipinski definition) is 0. The van der Waals surface area contributed by atoms with Crippen molar-refractivity contribution in [2.75, 3.05) is 11.9 Å². The van der Waals surface area contributed by atoms with Gasteiger partial charge in [0.1, 0.15) is 11.5 Å². The Morgan fingerprint density at radius 2 is 1.95 bits per heavy atom. The molecule has 0 bridgehead atoms. The van der Waals surface area contributed by atoms with Gasteiger partial charge in [-0.15, -0.1) is 0 Å². The minimum absolute atomic E-state index is 0.129. The predicted molar refractivity (Wildman–Crippen MR) is 82.3 cm³/mol. The lowest BCUT2D eigenvalue weighted by Crippen LogP contribution is -2.27. The van der Waals surface area contributed by atoms with Crippen LogP contribution in [0.2, 0.25) is 0 Å². The molecule has 1 heterocycles. The summed E-state index contributed by atoms with van der Waals surface area (Å²) in [7, 11) is 1.66. The number of nitrogens with zero attached hydrogens (tertiary/aromatic N) is 2. The Bertz CT molecular complexity index is 824. The summed E-state index contributed by atoms with van der Waals surface area (Å²) in [5.74, 6) is -0.467. The molecule has 0 aliphatic carbocycles. The second-order valence-corrected chi connectivity index (χ2v) is 5.23. The van der Waals surface area contributed by atoms with E-state index in [4.69, 9.17) is 4.52 Å². The number of aromatic nitrogens is 1. The van der Waals surface area contributed by atoms with Gasteiger partial charge < -0.3 is 9.42 Å². The molecule has 0 saturated carbocycles. The average Bonchev–Trinajstić information content (AvgIpc) is 2.89. The largest absolute Gasteiger partial charge is 0.356 e. The van der Waals surface area contributed by atoms with Crippen molar-refractivity contribution >= 4 is 22.6 Å². The number of anilines is 1. The number of carbonyl (C=O) groups excluding carboxylic acids is 1. The topological polar surface area (TPSA) is 46.3 Å². The molecule has 0 saturated heterocycles. The SMILES string of the molecule is Cc1ccc2onc(CC(=O)N(C)c3ccc(F)cc3)c2c1. The zero-order chi connectivity index (χ0) is 15.7. The zero-order valence-electron chi connectivity index (χ0n) is 12.3. The molecular weight excluding hydrogens is 283 g/mol.